The summed E-state index contributed by atoms with van der Waals surface area (Å²) in [5.41, 5.74) is 0.545. The van der Waals surface area contributed by atoms with Gasteiger partial charge in [-0.1, -0.05) is 12.8 Å². The topological polar surface area (TPSA) is 59.0 Å². The highest BCUT2D eigenvalue weighted by Gasteiger charge is 2.36. The molecule has 0 radical (unpaired) electrons. The van der Waals surface area contributed by atoms with Gasteiger partial charge in [0, 0.05) is 30.4 Å². The Bertz CT molecular complexity index is 685. The van der Waals surface area contributed by atoms with E-state index in [1.54, 1.807) is 18.5 Å². The highest BCUT2D eigenvalue weighted by molar-refractivity contribution is 7.13. The van der Waals surface area contributed by atoms with Crippen LogP contribution in [0.1, 0.15) is 49.0 Å². The molecule has 2 atom stereocenters. The SMILES string of the molecule is O=C(c1csc(-c2ncccn2)n1)N1CCCC2CCCCC21. The van der Waals surface area contributed by atoms with E-state index in [9.17, 15) is 4.79 Å². The molecular weight excluding hydrogens is 308 g/mol. The molecule has 23 heavy (non-hydrogen) atoms. The van der Waals surface area contributed by atoms with E-state index in [1.165, 1.54) is 37.0 Å². The van der Waals surface area contributed by atoms with Crippen LogP contribution in [-0.4, -0.2) is 38.3 Å². The van der Waals surface area contributed by atoms with Crippen LogP contribution in [0.25, 0.3) is 10.8 Å². The van der Waals surface area contributed by atoms with Gasteiger partial charge in [-0.05, 0) is 37.7 Å². The molecular formula is C17H20N4OS. The Balaban J connectivity index is 1.56. The largest absolute Gasteiger partial charge is 0.334 e. The van der Waals surface area contributed by atoms with Gasteiger partial charge in [0.05, 0.1) is 0 Å². The maximum atomic E-state index is 12.9. The normalized spacial score (nSPS) is 24.3. The zero-order valence-electron chi connectivity index (χ0n) is 13.0. The summed E-state index contributed by atoms with van der Waals surface area (Å²) in [6.07, 6.45) is 10.8. The van der Waals surface area contributed by atoms with Crippen LogP contribution in [0.4, 0.5) is 0 Å². The van der Waals surface area contributed by atoms with Crippen molar-refractivity contribution in [2.24, 2.45) is 5.92 Å². The van der Waals surface area contributed by atoms with E-state index < -0.39 is 0 Å². The Morgan fingerprint density at radius 2 is 1.91 bits per heavy atom. The van der Waals surface area contributed by atoms with Gasteiger partial charge in [0.15, 0.2) is 10.8 Å². The van der Waals surface area contributed by atoms with Crippen LogP contribution in [-0.2, 0) is 0 Å². The highest BCUT2D eigenvalue weighted by atomic mass is 32.1. The van der Waals surface area contributed by atoms with E-state index in [1.807, 2.05) is 5.38 Å². The van der Waals surface area contributed by atoms with Crippen LogP contribution in [0.2, 0.25) is 0 Å². The number of hydrogen-bond acceptors (Lipinski definition) is 5. The molecule has 2 aromatic rings. The molecule has 0 bridgehead atoms. The smallest absolute Gasteiger partial charge is 0.273 e. The molecule has 4 rings (SSSR count). The van der Waals surface area contributed by atoms with Crippen LogP contribution >= 0.6 is 11.3 Å². The van der Waals surface area contributed by atoms with E-state index in [0.717, 1.165) is 19.4 Å². The molecule has 2 unspecified atom stereocenters. The number of carbonyl (C=O) groups excluding carboxylic acids is 1. The number of rotatable bonds is 2. The van der Waals surface area contributed by atoms with Crippen LogP contribution in [0.5, 0.6) is 0 Å². The lowest BCUT2D eigenvalue weighted by atomic mass is 9.78. The average molecular weight is 328 g/mol. The van der Waals surface area contributed by atoms with Gasteiger partial charge in [0.25, 0.3) is 5.91 Å². The van der Waals surface area contributed by atoms with Crippen molar-refractivity contribution in [2.45, 2.75) is 44.6 Å². The van der Waals surface area contributed by atoms with E-state index in [2.05, 4.69) is 19.9 Å². The summed E-state index contributed by atoms with van der Waals surface area (Å²) >= 11 is 1.44. The Kier molecular flexibility index (Phi) is 4.08. The van der Waals surface area contributed by atoms with E-state index in [4.69, 9.17) is 0 Å². The zero-order chi connectivity index (χ0) is 15.6. The first kappa shape index (κ1) is 14.8. The Hall–Kier alpha value is -1.82. The predicted octanol–water partition coefficient (Wildman–Crippen LogP) is 3.39. The Morgan fingerprint density at radius 3 is 2.78 bits per heavy atom. The van der Waals surface area contributed by atoms with Crippen molar-refractivity contribution >= 4 is 17.2 Å². The number of aromatic nitrogens is 3. The molecule has 2 aromatic heterocycles. The predicted molar refractivity (Wildman–Crippen MR) is 89.2 cm³/mol. The summed E-state index contributed by atoms with van der Waals surface area (Å²) in [5.74, 6) is 1.36. The number of carbonyl (C=O) groups is 1. The fourth-order valence-corrected chi connectivity index (χ4v) is 4.65. The van der Waals surface area contributed by atoms with Gasteiger partial charge >= 0.3 is 0 Å². The summed E-state index contributed by atoms with van der Waals surface area (Å²) in [6, 6.07) is 2.20. The lowest BCUT2D eigenvalue weighted by Gasteiger charge is -2.43. The third-order valence-electron chi connectivity index (χ3n) is 4.98. The molecule has 1 saturated carbocycles. The second kappa shape index (κ2) is 6.35. The van der Waals surface area contributed by atoms with E-state index in [0.29, 0.717) is 28.5 Å². The maximum absolute atomic E-state index is 12.9. The first-order valence-electron chi connectivity index (χ1n) is 8.37. The number of nitrogens with zero attached hydrogens (tertiary/aromatic N) is 4. The van der Waals surface area contributed by atoms with Gasteiger partial charge in [-0.25, -0.2) is 15.0 Å². The molecule has 5 nitrogen and oxygen atoms in total. The van der Waals surface area contributed by atoms with Crippen molar-refractivity contribution in [3.05, 3.63) is 29.5 Å². The molecule has 6 heteroatoms. The molecule has 3 heterocycles. The van der Waals surface area contributed by atoms with E-state index >= 15 is 0 Å². The third-order valence-corrected chi connectivity index (χ3v) is 5.82. The van der Waals surface area contributed by atoms with E-state index in [-0.39, 0.29) is 5.91 Å². The quantitative estimate of drug-likeness (QED) is 0.848. The number of thiazole rings is 1. The minimum Gasteiger partial charge on any atom is -0.334 e. The molecule has 0 N–H and O–H groups in total. The fraction of sp³-hybridized carbons (Fsp3) is 0.529. The summed E-state index contributed by atoms with van der Waals surface area (Å²) in [6.45, 7) is 0.870. The lowest BCUT2D eigenvalue weighted by molar-refractivity contribution is 0.0386. The third kappa shape index (κ3) is 2.87. The molecule has 1 aliphatic heterocycles. The second-order valence-electron chi connectivity index (χ2n) is 6.36. The summed E-state index contributed by atoms with van der Waals surface area (Å²) in [4.78, 5) is 27.9. The van der Waals surface area contributed by atoms with Crippen molar-refractivity contribution in [1.29, 1.82) is 0 Å². The number of likely N-dealkylation sites (tertiary alicyclic amines) is 1. The first-order valence-corrected chi connectivity index (χ1v) is 9.25. The van der Waals surface area contributed by atoms with Crippen LogP contribution in [0.15, 0.2) is 23.8 Å². The Labute approximate surface area is 139 Å². The molecule has 1 saturated heterocycles. The summed E-state index contributed by atoms with van der Waals surface area (Å²) in [5, 5.41) is 2.56. The highest BCUT2D eigenvalue weighted by Crippen LogP contribution is 2.36. The second-order valence-corrected chi connectivity index (χ2v) is 7.22. The van der Waals surface area contributed by atoms with Crippen molar-refractivity contribution in [3.63, 3.8) is 0 Å². The van der Waals surface area contributed by atoms with Crippen LogP contribution < -0.4 is 0 Å². The number of hydrogen-bond donors (Lipinski definition) is 0. The lowest BCUT2D eigenvalue weighted by Crippen LogP contribution is -2.49. The number of piperidine rings is 1. The van der Waals surface area contributed by atoms with Gasteiger partial charge in [0.1, 0.15) is 5.69 Å². The fourth-order valence-electron chi connectivity index (χ4n) is 3.91. The molecule has 2 fully saturated rings. The summed E-state index contributed by atoms with van der Waals surface area (Å²) < 4.78 is 0. The maximum Gasteiger partial charge on any atom is 0.273 e. The monoisotopic (exact) mass is 328 g/mol. The molecule has 2 aliphatic rings. The average Bonchev–Trinajstić information content (AvgIpc) is 3.11. The van der Waals surface area contributed by atoms with Gasteiger partial charge in [-0.3, -0.25) is 4.79 Å². The molecule has 1 aliphatic carbocycles. The minimum absolute atomic E-state index is 0.0834. The van der Waals surface area contributed by atoms with Gasteiger partial charge < -0.3 is 4.90 Å². The van der Waals surface area contributed by atoms with Crippen LogP contribution in [0.3, 0.4) is 0 Å². The van der Waals surface area contributed by atoms with Crippen molar-refractivity contribution in [2.75, 3.05) is 6.54 Å². The standard InChI is InChI=1S/C17H20N4OS/c22-17(21-10-3-6-12-5-1-2-7-14(12)21)13-11-23-16(20-13)15-18-8-4-9-19-15/h4,8-9,11-12,14H,1-3,5-7,10H2. The van der Waals surface area contributed by atoms with Gasteiger partial charge in [0.2, 0.25) is 0 Å². The number of fused-ring (bicyclic) bond motifs is 1. The van der Waals surface area contributed by atoms with Crippen molar-refractivity contribution < 1.29 is 4.79 Å². The summed E-state index contributed by atoms with van der Waals surface area (Å²) in [7, 11) is 0. The van der Waals surface area contributed by atoms with Crippen LogP contribution in [0, 0.1) is 5.92 Å². The zero-order valence-corrected chi connectivity index (χ0v) is 13.8. The first-order chi connectivity index (χ1) is 11.3. The van der Waals surface area contributed by atoms with Crippen molar-refractivity contribution in [3.8, 4) is 10.8 Å². The van der Waals surface area contributed by atoms with Crippen molar-refractivity contribution in [1.82, 2.24) is 19.9 Å². The molecule has 0 aromatic carbocycles. The molecule has 0 spiro atoms. The van der Waals surface area contributed by atoms with Gasteiger partial charge in [-0.15, -0.1) is 11.3 Å². The molecule has 120 valence electrons. The van der Waals surface area contributed by atoms with Gasteiger partial charge in [-0.2, -0.15) is 0 Å². The number of amides is 1. The minimum atomic E-state index is 0.0834. The molecule has 1 amide bonds. The Morgan fingerprint density at radius 1 is 1.13 bits per heavy atom.